The molecular formula is C15H27N3. The van der Waals surface area contributed by atoms with Crippen molar-refractivity contribution in [2.75, 3.05) is 19.6 Å². The second-order valence-electron chi connectivity index (χ2n) is 6.08. The number of rotatable bonds is 5. The van der Waals surface area contributed by atoms with Crippen molar-refractivity contribution in [2.24, 2.45) is 5.92 Å². The van der Waals surface area contributed by atoms with E-state index < -0.39 is 0 Å². The first-order valence-corrected chi connectivity index (χ1v) is 7.63. The van der Waals surface area contributed by atoms with E-state index in [9.17, 15) is 5.26 Å². The summed E-state index contributed by atoms with van der Waals surface area (Å²) in [7, 11) is 0. The number of nitrogens with one attached hydrogen (secondary N) is 1. The Morgan fingerprint density at radius 2 is 2.22 bits per heavy atom. The zero-order chi connectivity index (χ0) is 13.0. The van der Waals surface area contributed by atoms with Gasteiger partial charge in [0.05, 0.1) is 6.07 Å². The molecule has 3 nitrogen and oxygen atoms in total. The second kappa shape index (κ2) is 6.04. The molecule has 0 aromatic carbocycles. The Morgan fingerprint density at radius 3 is 2.83 bits per heavy atom. The molecule has 0 amide bonds. The monoisotopic (exact) mass is 249 g/mol. The molecule has 1 saturated carbocycles. The van der Waals surface area contributed by atoms with Crippen molar-refractivity contribution in [3.63, 3.8) is 0 Å². The SMILES string of the molecule is CCCNC1(C#N)CCC(N2CCC(CC)C2)C1. The minimum atomic E-state index is -0.231. The van der Waals surface area contributed by atoms with Crippen LogP contribution < -0.4 is 5.32 Å². The van der Waals surface area contributed by atoms with E-state index in [1.54, 1.807) is 0 Å². The molecular weight excluding hydrogens is 222 g/mol. The van der Waals surface area contributed by atoms with E-state index in [0.717, 1.165) is 31.7 Å². The van der Waals surface area contributed by atoms with Crippen LogP contribution in [0.15, 0.2) is 0 Å². The third-order valence-electron chi connectivity index (χ3n) is 4.83. The maximum atomic E-state index is 9.47. The standard InChI is InChI=1S/C15H27N3/c1-3-8-17-15(12-16)7-5-14(10-15)18-9-6-13(4-2)11-18/h13-14,17H,3-11H2,1-2H3. The summed E-state index contributed by atoms with van der Waals surface area (Å²) in [6.45, 7) is 7.94. The molecule has 0 radical (unpaired) electrons. The van der Waals surface area contributed by atoms with Crippen LogP contribution in [0.25, 0.3) is 0 Å². The van der Waals surface area contributed by atoms with Crippen molar-refractivity contribution in [3.8, 4) is 6.07 Å². The summed E-state index contributed by atoms with van der Waals surface area (Å²) < 4.78 is 0. The van der Waals surface area contributed by atoms with Crippen molar-refractivity contribution in [2.45, 2.75) is 64.0 Å². The molecule has 1 heterocycles. The number of nitriles is 1. The van der Waals surface area contributed by atoms with E-state index in [-0.39, 0.29) is 5.54 Å². The molecule has 102 valence electrons. The third-order valence-corrected chi connectivity index (χ3v) is 4.83. The van der Waals surface area contributed by atoms with Gasteiger partial charge in [0.2, 0.25) is 0 Å². The van der Waals surface area contributed by atoms with Crippen molar-refractivity contribution in [3.05, 3.63) is 0 Å². The topological polar surface area (TPSA) is 39.1 Å². The Morgan fingerprint density at radius 1 is 1.39 bits per heavy atom. The number of nitrogens with zero attached hydrogens (tertiary/aromatic N) is 2. The Kier molecular flexibility index (Phi) is 4.64. The van der Waals surface area contributed by atoms with Gasteiger partial charge in [0.1, 0.15) is 5.54 Å². The third kappa shape index (κ3) is 2.87. The fourth-order valence-electron chi connectivity index (χ4n) is 3.52. The van der Waals surface area contributed by atoms with Gasteiger partial charge in [-0.3, -0.25) is 10.2 Å². The maximum Gasteiger partial charge on any atom is 0.108 e. The molecule has 1 aliphatic carbocycles. The maximum absolute atomic E-state index is 9.47. The molecule has 0 bridgehead atoms. The lowest BCUT2D eigenvalue weighted by atomic mass is 9.99. The first kappa shape index (κ1) is 13.8. The summed E-state index contributed by atoms with van der Waals surface area (Å²) in [6, 6.07) is 3.20. The van der Waals surface area contributed by atoms with E-state index >= 15 is 0 Å². The Labute approximate surface area is 112 Å². The lowest BCUT2D eigenvalue weighted by Gasteiger charge is -2.27. The van der Waals surface area contributed by atoms with E-state index in [2.05, 4.69) is 30.1 Å². The van der Waals surface area contributed by atoms with Gasteiger partial charge in [-0.25, -0.2) is 0 Å². The fraction of sp³-hybridized carbons (Fsp3) is 0.933. The van der Waals surface area contributed by atoms with E-state index in [1.807, 2.05) is 0 Å². The highest BCUT2D eigenvalue weighted by molar-refractivity contribution is 5.13. The number of hydrogen-bond donors (Lipinski definition) is 1. The highest BCUT2D eigenvalue weighted by Gasteiger charge is 2.42. The van der Waals surface area contributed by atoms with Gasteiger partial charge in [-0.1, -0.05) is 20.3 Å². The molecule has 0 aromatic heterocycles. The van der Waals surface area contributed by atoms with Crippen LogP contribution in [0.2, 0.25) is 0 Å². The van der Waals surface area contributed by atoms with Crippen LogP contribution in [-0.4, -0.2) is 36.1 Å². The van der Waals surface area contributed by atoms with Gasteiger partial charge in [-0.15, -0.1) is 0 Å². The fourth-order valence-corrected chi connectivity index (χ4v) is 3.52. The molecule has 18 heavy (non-hydrogen) atoms. The summed E-state index contributed by atoms with van der Waals surface area (Å²) in [4.78, 5) is 2.64. The van der Waals surface area contributed by atoms with Crippen LogP contribution >= 0.6 is 0 Å². The molecule has 0 spiro atoms. The molecule has 3 atom stereocenters. The van der Waals surface area contributed by atoms with E-state index in [1.165, 1.54) is 32.4 Å². The van der Waals surface area contributed by atoms with Crippen LogP contribution in [0.1, 0.15) is 52.4 Å². The Bertz CT molecular complexity index is 309. The molecule has 3 heteroatoms. The summed E-state index contributed by atoms with van der Waals surface area (Å²) in [6.07, 6.45) is 7.02. The van der Waals surface area contributed by atoms with Crippen LogP contribution in [-0.2, 0) is 0 Å². The summed E-state index contributed by atoms with van der Waals surface area (Å²) in [5, 5.41) is 13.0. The minimum absolute atomic E-state index is 0.231. The van der Waals surface area contributed by atoms with Crippen molar-refractivity contribution in [1.82, 2.24) is 10.2 Å². The zero-order valence-corrected chi connectivity index (χ0v) is 11.9. The van der Waals surface area contributed by atoms with Gasteiger partial charge >= 0.3 is 0 Å². The summed E-state index contributed by atoms with van der Waals surface area (Å²) in [5.74, 6) is 0.894. The van der Waals surface area contributed by atoms with Gasteiger partial charge in [0.15, 0.2) is 0 Å². The number of hydrogen-bond acceptors (Lipinski definition) is 3. The first-order chi connectivity index (χ1) is 8.73. The Balaban J connectivity index is 1.89. The van der Waals surface area contributed by atoms with Gasteiger partial charge < -0.3 is 0 Å². The second-order valence-corrected chi connectivity index (χ2v) is 6.08. The molecule has 1 aliphatic heterocycles. The van der Waals surface area contributed by atoms with Crippen LogP contribution in [0.4, 0.5) is 0 Å². The molecule has 2 rings (SSSR count). The number of likely N-dealkylation sites (tertiary alicyclic amines) is 1. The van der Waals surface area contributed by atoms with Crippen LogP contribution in [0.3, 0.4) is 0 Å². The molecule has 1 N–H and O–H groups in total. The average Bonchev–Trinajstić information content (AvgIpc) is 3.03. The zero-order valence-electron chi connectivity index (χ0n) is 11.9. The van der Waals surface area contributed by atoms with Crippen molar-refractivity contribution < 1.29 is 0 Å². The first-order valence-electron chi connectivity index (χ1n) is 7.63. The minimum Gasteiger partial charge on any atom is -0.300 e. The predicted octanol–water partition coefficient (Wildman–Crippen LogP) is 2.53. The Hall–Kier alpha value is -0.590. The summed E-state index contributed by atoms with van der Waals surface area (Å²) in [5.41, 5.74) is -0.231. The normalized spacial score (nSPS) is 36.9. The highest BCUT2D eigenvalue weighted by Crippen LogP contribution is 2.35. The van der Waals surface area contributed by atoms with Gasteiger partial charge in [-0.2, -0.15) is 5.26 Å². The molecule has 1 saturated heterocycles. The van der Waals surface area contributed by atoms with Gasteiger partial charge in [0, 0.05) is 12.6 Å². The van der Waals surface area contributed by atoms with E-state index in [0.29, 0.717) is 6.04 Å². The predicted molar refractivity (Wildman–Crippen MR) is 74.2 cm³/mol. The smallest absolute Gasteiger partial charge is 0.108 e. The average molecular weight is 249 g/mol. The van der Waals surface area contributed by atoms with E-state index in [4.69, 9.17) is 0 Å². The lowest BCUT2D eigenvalue weighted by molar-refractivity contribution is 0.227. The summed E-state index contributed by atoms with van der Waals surface area (Å²) >= 11 is 0. The molecule has 3 unspecified atom stereocenters. The van der Waals surface area contributed by atoms with Gasteiger partial charge in [0.25, 0.3) is 0 Å². The highest BCUT2D eigenvalue weighted by atomic mass is 15.2. The van der Waals surface area contributed by atoms with Crippen LogP contribution in [0.5, 0.6) is 0 Å². The largest absolute Gasteiger partial charge is 0.300 e. The molecule has 2 fully saturated rings. The van der Waals surface area contributed by atoms with Gasteiger partial charge in [-0.05, 0) is 51.1 Å². The van der Waals surface area contributed by atoms with Crippen molar-refractivity contribution >= 4 is 0 Å². The quantitative estimate of drug-likeness (QED) is 0.814. The molecule has 2 aliphatic rings. The molecule has 0 aromatic rings. The lowest BCUT2D eigenvalue weighted by Crippen LogP contribution is -2.44. The van der Waals surface area contributed by atoms with Crippen LogP contribution in [0, 0.1) is 17.2 Å². The van der Waals surface area contributed by atoms with Crippen molar-refractivity contribution in [1.29, 1.82) is 5.26 Å².